The molecular weight excluding hydrogens is 362 g/mol. The number of carbonyl (C=O) groups is 1. The van der Waals surface area contributed by atoms with E-state index in [4.69, 9.17) is 4.52 Å². The molecule has 0 bridgehead atoms. The van der Waals surface area contributed by atoms with Gasteiger partial charge in [-0.2, -0.15) is 4.31 Å². The molecular formula is C16H21N3O4S2. The second kappa shape index (κ2) is 6.89. The maximum Gasteiger partial charge on any atom is 0.267 e. The van der Waals surface area contributed by atoms with Gasteiger partial charge in [-0.05, 0) is 31.2 Å². The number of aryl methyl sites for hydroxylation is 1. The van der Waals surface area contributed by atoms with Crippen LogP contribution < -0.4 is 5.32 Å². The molecule has 1 saturated heterocycles. The Morgan fingerprint density at radius 1 is 1.32 bits per heavy atom. The molecule has 0 unspecified atom stereocenters. The molecule has 9 heteroatoms. The van der Waals surface area contributed by atoms with Gasteiger partial charge >= 0.3 is 0 Å². The van der Waals surface area contributed by atoms with Gasteiger partial charge in [-0.15, -0.1) is 11.3 Å². The highest BCUT2D eigenvalue weighted by atomic mass is 32.2. The quantitative estimate of drug-likeness (QED) is 0.876. The Kier molecular flexibility index (Phi) is 4.99. The zero-order valence-corrected chi connectivity index (χ0v) is 16.0. The van der Waals surface area contributed by atoms with E-state index in [1.54, 1.807) is 13.0 Å². The summed E-state index contributed by atoms with van der Waals surface area (Å²) < 4.78 is 32.1. The van der Waals surface area contributed by atoms with Crippen LogP contribution in [0.5, 0.6) is 0 Å². The van der Waals surface area contributed by atoms with Crippen molar-refractivity contribution in [2.45, 2.75) is 32.1 Å². The number of amides is 1. The molecule has 0 spiro atoms. The summed E-state index contributed by atoms with van der Waals surface area (Å²) in [4.78, 5) is 12.7. The van der Waals surface area contributed by atoms with E-state index in [-0.39, 0.29) is 4.90 Å². The van der Waals surface area contributed by atoms with Crippen LogP contribution in [-0.4, -0.2) is 36.9 Å². The van der Waals surface area contributed by atoms with Gasteiger partial charge in [-0.1, -0.05) is 19.0 Å². The average Bonchev–Trinajstić information content (AvgIpc) is 3.16. The summed E-state index contributed by atoms with van der Waals surface area (Å²) in [6.07, 6.45) is 1.03. The van der Waals surface area contributed by atoms with Crippen LogP contribution in [0.25, 0.3) is 0 Å². The standard InChI is InChI=1S/C16H21N3O4S2/c1-10-4-11(2)8-19(7-10)25(21,22)13-6-14(24-9-13)16(20)17-15-5-12(3)23-18-15/h5-6,9-11H,4,7-8H2,1-3H3,(H,17,18,20)/t10-,11-/m1/s1. The van der Waals surface area contributed by atoms with Gasteiger partial charge in [0.1, 0.15) is 5.76 Å². The van der Waals surface area contributed by atoms with E-state index in [1.165, 1.54) is 15.8 Å². The smallest absolute Gasteiger partial charge is 0.267 e. The van der Waals surface area contributed by atoms with Crippen LogP contribution in [0, 0.1) is 18.8 Å². The Morgan fingerprint density at radius 2 is 2.00 bits per heavy atom. The monoisotopic (exact) mass is 383 g/mol. The Hall–Kier alpha value is -1.71. The first-order valence-electron chi connectivity index (χ1n) is 8.09. The number of nitrogens with zero attached hydrogens (tertiary/aromatic N) is 2. The van der Waals surface area contributed by atoms with E-state index in [2.05, 4.69) is 24.3 Å². The number of anilines is 1. The third-order valence-corrected chi connectivity index (χ3v) is 7.03. The Morgan fingerprint density at radius 3 is 2.60 bits per heavy atom. The molecule has 1 N–H and O–H groups in total. The molecule has 0 aliphatic carbocycles. The molecule has 1 amide bonds. The number of aromatic nitrogens is 1. The lowest BCUT2D eigenvalue weighted by Gasteiger charge is -2.33. The SMILES string of the molecule is Cc1cc(NC(=O)c2cc(S(=O)(=O)N3C[C@H](C)C[C@@H](C)C3)cs2)no1. The van der Waals surface area contributed by atoms with Crippen LogP contribution in [0.15, 0.2) is 26.9 Å². The van der Waals surface area contributed by atoms with Crippen LogP contribution in [0.4, 0.5) is 5.82 Å². The van der Waals surface area contributed by atoms with Crippen LogP contribution >= 0.6 is 11.3 Å². The molecule has 7 nitrogen and oxygen atoms in total. The van der Waals surface area contributed by atoms with Crippen molar-refractivity contribution in [1.29, 1.82) is 0 Å². The molecule has 136 valence electrons. The first-order valence-corrected chi connectivity index (χ1v) is 10.4. The average molecular weight is 383 g/mol. The first kappa shape index (κ1) is 18.1. The fraction of sp³-hybridized carbons (Fsp3) is 0.500. The maximum atomic E-state index is 12.8. The second-order valence-corrected chi connectivity index (χ2v) is 9.54. The number of carbonyl (C=O) groups excluding carboxylic acids is 1. The van der Waals surface area contributed by atoms with Crippen molar-refractivity contribution in [3.63, 3.8) is 0 Å². The van der Waals surface area contributed by atoms with Crippen LogP contribution in [-0.2, 0) is 10.0 Å². The number of hydrogen-bond acceptors (Lipinski definition) is 6. The highest BCUT2D eigenvalue weighted by Crippen LogP contribution is 2.29. The van der Waals surface area contributed by atoms with Crippen LogP contribution in [0.1, 0.15) is 35.7 Å². The summed E-state index contributed by atoms with van der Waals surface area (Å²) in [5.74, 6) is 1.14. The normalized spacial score (nSPS) is 22.0. The Balaban J connectivity index is 1.76. The van der Waals surface area contributed by atoms with Crippen molar-refractivity contribution >= 4 is 33.1 Å². The molecule has 25 heavy (non-hydrogen) atoms. The van der Waals surface area contributed by atoms with Gasteiger partial charge < -0.3 is 9.84 Å². The summed E-state index contributed by atoms with van der Waals surface area (Å²) in [6, 6.07) is 3.02. The topological polar surface area (TPSA) is 92.5 Å². The minimum absolute atomic E-state index is 0.167. The third kappa shape index (κ3) is 3.94. The summed E-state index contributed by atoms with van der Waals surface area (Å²) in [6.45, 7) is 6.87. The molecule has 1 aliphatic rings. The van der Waals surface area contributed by atoms with Crippen LogP contribution in [0.2, 0.25) is 0 Å². The summed E-state index contributed by atoms with van der Waals surface area (Å²) in [5.41, 5.74) is 0. The molecule has 2 aromatic rings. The zero-order chi connectivity index (χ0) is 18.2. The molecule has 3 heterocycles. The lowest BCUT2D eigenvalue weighted by Crippen LogP contribution is -2.42. The summed E-state index contributed by atoms with van der Waals surface area (Å²) >= 11 is 1.10. The molecule has 3 rings (SSSR count). The molecule has 0 radical (unpaired) electrons. The Labute approximate surface area is 151 Å². The third-order valence-electron chi connectivity index (χ3n) is 4.14. The van der Waals surface area contributed by atoms with Gasteiger partial charge in [0, 0.05) is 24.5 Å². The molecule has 1 fully saturated rings. The fourth-order valence-corrected chi connectivity index (χ4v) is 5.96. The van der Waals surface area contributed by atoms with E-state index >= 15 is 0 Å². The number of piperidine rings is 1. The minimum atomic E-state index is -3.58. The summed E-state index contributed by atoms with van der Waals surface area (Å²) in [7, 11) is -3.58. The van der Waals surface area contributed by atoms with E-state index in [9.17, 15) is 13.2 Å². The lowest BCUT2D eigenvalue weighted by molar-refractivity contribution is 0.102. The largest absolute Gasteiger partial charge is 0.360 e. The number of hydrogen-bond donors (Lipinski definition) is 1. The lowest BCUT2D eigenvalue weighted by atomic mass is 9.94. The van der Waals surface area contributed by atoms with Crippen molar-refractivity contribution in [3.05, 3.63) is 28.2 Å². The molecule has 0 saturated carbocycles. The minimum Gasteiger partial charge on any atom is -0.360 e. The molecule has 2 aromatic heterocycles. The van der Waals surface area contributed by atoms with Gasteiger partial charge in [0.15, 0.2) is 5.82 Å². The van der Waals surface area contributed by atoms with E-state index in [1.807, 2.05) is 0 Å². The van der Waals surface area contributed by atoms with Gasteiger partial charge in [0.05, 0.1) is 9.77 Å². The van der Waals surface area contributed by atoms with Crippen molar-refractivity contribution in [1.82, 2.24) is 9.46 Å². The number of nitrogens with one attached hydrogen (secondary N) is 1. The number of thiophene rings is 1. The second-order valence-electron chi connectivity index (χ2n) is 6.69. The van der Waals surface area contributed by atoms with Crippen LogP contribution in [0.3, 0.4) is 0 Å². The van der Waals surface area contributed by atoms with Gasteiger partial charge in [-0.3, -0.25) is 4.79 Å². The zero-order valence-electron chi connectivity index (χ0n) is 14.4. The van der Waals surface area contributed by atoms with Gasteiger partial charge in [0.25, 0.3) is 5.91 Å². The van der Waals surface area contributed by atoms with Gasteiger partial charge in [0.2, 0.25) is 10.0 Å². The molecule has 0 aromatic carbocycles. The predicted octanol–water partition coefficient (Wildman–Crippen LogP) is 2.96. The molecule has 1 aliphatic heterocycles. The Bertz CT molecular complexity index is 862. The van der Waals surface area contributed by atoms with Crippen molar-refractivity contribution in [2.75, 3.05) is 18.4 Å². The van der Waals surface area contributed by atoms with E-state index in [0.29, 0.717) is 41.4 Å². The van der Waals surface area contributed by atoms with Gasteiger partial charge in [-0.25, -0.2) is 8.42 Å². The highest BCUT2D eigenvalue weighted by Gasteiger charge is 2.32. The highest BCUT2D eigenvalue weighted by molar-refractivity contribution is 7.89. The van der Waals surface area contributed by atoms with E-state index < -0.39 is 15.9 Å². The van der Waals surface area contributed by atoms with Crippen molar-refractivity contribution in [2.24, 2.45) is 11.8 Å². The molecule has 2 atom stereocenters. The predicted molar refractivity (Wildman–Crippen MR) is 95.2 cm³/mol. The number of rotatable bonds is 4. The summed E-state index contributed by atoms with van der Waals surface area (Å²) in [5, 5.41) is 7.81. The van der Waals surface area contributed by atoms with Crippen molar-refractivity contribution in [3.8, 4) is 0 Å². The van der Waals surface area contributed by atoms with Crippen molar-refractivity contribution < 1.29 is 17.7 Å². The number of sulfonamides is 1. The fourth-order valence-electron chi connectivity index (χ4n) is 3.13. The maximum absolute atomic E-state index is 12.8. The first-order chi connectivity index (χ1) is 11.8. The van der Waals surface area contributed by atoms with E-state index in [0.717, 1.165) is 17.8 Å².